The summed E-state index contributed by atoms with van der Waals surface area (Å²) in [5, 5.41) is 3.02. The van der Waals surface area contributed by atoms with Gasteiger partial charge in [-0.3, -0.25) is 4.79 Å². The van der Waals surface area contributed by atoms with Gasteiger partial charge in [-0.1, -0.05) is 19.8 Å². The Hall–Kier alpha value is -1.71. The summed E-state index contributed by atoms with van der Waals surface area (Å²) in [6, 6.07) is 5.11. The lowest BCUT2D eigenvalue weighted by molar-refractivity contribution is 0.0940. The number of rotatable bonds is 4. The van der Waals surface area contributed by atoms with Crippen LogP contribution in [-0.2, 0) is 0 Å². The van der Waals surface area contributed by atoms with Crippen LogP contribution in [0.3, 0.4) is 0 Å². The van der Waals surface area contributed by atoms with Crippen LogP contribution >= 0.6 is 0 Å². The Morgan fingerprint density at radius 3 is 2.90 bits per heavy atom. The number of amides is 1. The first-order valence-electron chi connectivity index (χ1n) is 7.31. The summed E-state index contributed by atoms with van der Waals surface area (Å²) in [5.41, 5.74) is 6.87. The Morgan fingerprint density at radius 2 is 2.20 bits per heavy atom. The van der Waals surface area contributed by atoms with Crippen molar-refractivity contribution in [3.05, 3.63) is 23.8 Å². The van der Waals surface area contributed by atoms with Gasteiger partial charge >= 0.3 is 0 Å². The first kappa shape index (κ1) is 14.7. The largest absolute Gasteiger partial charge is 0.497 e. The second-order valence-corrected chi connectivity index (χ2v) is 5.84. The molecule has 0 saturated heterocycles. The third kappa shape index (κ3) is 3.89. The maximum Gasteiger partial charge on any atom is 0.251 e. The van der Waals surface area contributed by atoms with E-state index in [2.05, 4.69) is 12.2 Å². The third-order valence-corrected chi connectivity index (χ3v) is 4.02. The van der Waals surface area contributed by atoms with E-state index < -0.39 is 0 Å². The number of carbonyl (C=O) groups is 1. The standard InChI is InChI=1S/C16H24N2O2/c1-11-4-3-5-12(6-11)10-18-16(19)13-7-14(17)9-15(8-13)20-2/h7-9,11-12H,3-6,10,17H2,1-2H3,(H,18,19). The van der Waals surface area contributed by atoms with Crippen molar-refractivity contribution in [1.29, 1.82) is 0 Å². The van der Waals surface area contributed by atoms with Crippen molar-refractivity contribution in [2.24, 2.45) is 11.8 Å². The van der Waals surface area contributed by atoms with E-state index in [4.69, 9.17) is 10.5 Å². The van der Waals surface area contributed by atoms with Gasteiger partial charge in [-0.05, 0) is 36.8 Å². The van der Waals surface area contributed by atoms with Gasteiger partial charge in [0.1, 0.15) is 5.75 Å². The molecule has 0 spiro atoms. The maximum absolute atomic E-state index is 12.2. The normalized spacial score (nSPS) is 22.3. The first-order chi connectivity index (χ1) is 9.58. The molecule has 0 aromatic heterocycles. The highest BCUT2D eigenvalue weighted by Gasteiger charge is 2.19. The zero-order chi connectivity index (χ0) is 14.5. The maximum atomic E-state index is 12.2. The summed E-state index contributed by atoms with van der Waals surface area (Å²) < 4.78 is 5.13. The number of hydrogen-bond donors (Lipinski definition) is 2. The molecule has 1 aromatic carbocycles. The number of anilines is 1. The van der Waals surface area contributed by atoms with Crippen LogP contribution in [0.15, 0.2) is 18.2 Å². The van der Waals surface area contributed by atoms with Crippen molar-refractivity contribution in [2.75, 3.05) is 19.4 Å². The Bertz CT molecular complexity index is 474. The van der Waals surface area contributed by atoms with Gasteiger partial charge in [0.15, 0.2) is 0 Å². The summed E-state index contributed by atoms with van der Waals surface area (Å²) in [6.07, 6.45) is 5.01. The zero-order valence-electron chi connectivity index (χ0n) is 12.3. The smallest absolute Gasteiger partial charge is 0.251 e. The summed E-state index contributed by atoms with van der Waals surface area (Å²) in [5.74, 6) is 1.92. The van der Waals surface area contributed by atoms with Crippen LogP contribution in [0.4, 0.5) is 5.69 Å². The molecule has 2 rings (SSSR count). The molecule has 1 amide bonds. The fourth-order valence-electron chi connectivity index (χ4n) is 2.96. The van der Waals surface area contributed by atoms with E-state index in [1.807, 2.05) is 0 Å². The summed E-state index contributed by atoms with van der Waals surface area (Å²) in [7, 11) is 1.57. The average Bonchev–Trinajstić information content (AvgIpc) is 2.44. The van der Waals surface area contributed by atoms with Crippen LogP contribution in [0, 0.1) is 11.8 Å². The van der Waals surface area contributed by atoms with Gasteiger partial charge in [0.05, 0.1) is 7.11 Å². The number of carbonyl (C=O) groups excluding carboxylic acids is 1. The summed E-state index contributed by atoms with van der Waals surface area (Å²) in [6.45, 7) is 3.04. The minimum absolute atomic E-state index is 0.0752. The molecular weight excluding hydrogens is 252 g/mol. The van der Waals surface area contributed by atoms with E-state index in [1.165, 1.54) is 25.7 Å². The van der Waals surface area contributed by atoms with Crippen LogP contribution in [0.1, 0.15) is 43.0 Å². The SMILES string of the molecule is COc1cc(N)cc(C(=O)NCC2CCCC(C)C2)c1. The molecule has 1 aliphatic carbocycles. The van der Waals surface area contributed by atoms with Crippen LogP contribution in [0.25, 0.3) is 0 Å². The fourth-order valence-corrected chi connectivity index (χ4v) is 2.96. The molecule has 3 N–H and O–H groups in total. The molecule has 4 nitrogen and oxygen atoms in total. The van der Waals surface area contributed by atoms with Crippen LogP contribution in [-0.4, -0.2) is 19.6 Å². The molecule has 0 aliphatic heterocycles. The number of hydrogen-bond acceptors (Lipinski definition) is 3. The van der Waals surface area contributed by atoms with E-state index in [-0.39, 0.29) is 5.91 Å². The molecule has 2 atom stereocenters. The van der Waals surface area contributed by atoms with Crippen molar-refractivity contribution in [3.63, 3.8) is 0 Å². The predicted octanol–water partition coefficient (Wildman–Crippen LogP) is 2.83. The first-order valence-corrected chi connectivity index (χ1v) is 7.31. The minimum atomic E-state index is -0.0752. The van der Waals surface area contributed by atoms with Crippen LogP contribution in [0.2, 0.25) is 0 Å². The lowest BCUT2D eigenvalue weighted by Crippen LogP contribution is -2.31. The highest BCUT2D eigenvalue weighted by molar-refractivity contribution is 5.95. The second kappa shape index (κ2) is 6.64. The predicted molar refractivity (Wildman–Crippen MR) is 80.9 cm³/mol. The number of nitrogen functional groups attached to an aromatic ring is 1. The summed E-state index contributed by atoms with van der Waals surface area (Å²) in [4.78, 5) is 12.2. The van der Waals surface area contributed by atoms with Crippen molar-refractivity contribution in [2.45, 2.75) is 32.6 Å². The molecule has 0 heterocycles. The van der Waals surface area contributed by atoms with Crippen molar-refractivity contribution >= 4 is 11.6 Å². The van der Waals surface area contributed by atoms with Gasteiger partial charge in [0.2, 0.25) is 0 Å². The van der Waals surface area contributed by atoms with Crippen molar-refractivity contribution in [1.82, 2.24) is 5.32 Å². The molecule has 2 unspecified atom stereocenters. The number of methoxy groups -OCH3 is 1. The Morgan fingerprint density at radius 1 is 1.40 bits per heavy atom. The third-order valence-electron chi connectivity index (χ3n) is 4.02. The quantitative estimate of drug-likeness (QED) is 0.831. The van der Waals surface area contributed by atoms with Gasteiger partial charge in [-0.25, -0.2) is 0 Å². The molecule has 0 bridgehead atoms. The van der Waals surface area contributed by atoms with Gasteiger partial charge in [0.25, 0.3) is 5.91 Å². The number of benzene rings is 1. The minimum Gasteiger partial charge on any atom is -0.497 e. The van der Waals surface area contributed by atoms with E-state index in [0.717, 1.165) is 12.5 Å². The van der Waals surface area contributed by atoms with E-state index >= 15 is 0 Å². The molecule has 1 aromatic rings. The van der Waals surface area contributed by atoms with E-state index in [9.17, 15) is 4.79 Å². The molecule has 0 radical (unpaired) electrons. The monoisotopic (exact) mass is 276 g/mol. The molecule has 1 saturated carbocycles. The second-order valence-electron chi connectivity index (χ2n) is 5.84. The molecule has 110 valence electrons. The van der Waals surface area contributed by atoms with Gasteiger partial charge < -0.3 is 15.8 Å². The Kier molecular flexibility index (Phi) is 4.88. The lowest BCUT2D eigenvalue weighted by Gasteiger charge is -2.26. The van der Waals surface area contributed by atoms with E-state index in [1.54, 1.807) is 25.3 Å². The summed E-state index contributed by atoms with van der Waals surface area (Å²) >= 11 is 0. The Labute approximate surface area is 120 Å². The molecule has 4 heteroatoms. The van der Waals surface area contributed by atoms with Crippen molar-refractivity contribution < 1.29 is 9.53 Å². The topological polar surface area (TPSA) is 64.3 Å². The van der Waals surface area contributed by atoms with Gasteiger partial charge in [-0.15, -0.1) is 0 Å². The van der Waals surface area contributed by atoms with Gasteiger partial charge in [0, 0.05) is 23.9 Å². The number of nitrogens with one attached hydrogen (secondary N) is 1. The fraction of sp³-hybridized carbons (Fsp3) is 0.562. The van der Waals surface area contributed by atoms with Crippen LogP contribution in [0.5, 0.6) is 5.75 Å². The van der Waals surface area contributed by atoms with Crippen molar-refractivity contribution in [3.8, 4) is 5.75 Å². The van der Waals surface area contributed by atoms with Gasteiger partial charge in [-0.2, -0.15) is 0 Å². The highest BCUT2D eigenvalue weighted by atomic mass is 16.5. The van der Waals surface area contributed by atoms with E-state index in [0.29, 0.717) is 22.9 Å². The average molecular weight is 276 g/mol. The number of nitrogens with two attached hydrogens (primary N) is 1. The molecular formula is C16H24N2O2. The van der Waals surface area contributed by atoms with Crippen LogP contribution < -0.4 is 15.8 Å². The Balaban J connectivity index is 1.93. The zero-order valence-corrected chi connectivity index (χ0v) is 12.3. The highest BCUT2D eigenvalue weighted by Crippen LogP contribution is 2.28. The number of ether oxygens (including phenoxy) is 1. The molecule has 1 fully saturated rings. The molecule has 20 heavy (non-hydrogen) atoms. The lowest BCUT2D eigenvalue weighted by atomic mass is 9.82. The molecule has 1 aliphatic rings.